The van der Waals surface area contributed by atoms with E-state index in [2.05, 4.69) is 30.2 Å². The Labute approximate surface area is 84.2 Å². The second kappa shape index (κ2) is 5.67. The molecule has 0 radical (unpaired) electrons. The molecule has 0 saturated heterocycles. The van der Waals surface area contributed by atoms with Crippen LogP contribution in [0.4, 0.5) is 5.69 Å². The first kappa shape index (κ1) is 10.2. The molecule has 0 amide bonds. The Morgan fingerprint density at radius 2 is 2.00 bits per heavy atom. The third-order valence-electron chi connectivity index (χ3n) is 1.68. The molecule has 3 heteroatoms. The zero-order valence-electron chi connectivity index (χ0n) is 7.40. The van der Waals surface area contributed by atoms with Crippen LogP contribution in [0.3, 0.4) is 0 Å². The molecule has 2 nitrogen and oxygen atoms in total. The van der Waals surface area contributed by atoms with E-state index in [1.54, 1.807) is 0 Å². The van der Waals surface area contributed by atoms with E-state index in [-0.39, 0.29) is 0 Å². The summed E-state index contributed by atoms with van der Waals surface area (Å²) in [7, 11) is 0. The van der Waals surface area contributed by atoms with Crippen LogP contribution in [0.15, 0.2) is 30.3 Å². The van der Waals surface area contributed by atoms with Crippen molar-refractivity contribution in [1.29, 1.82) is 0 Å². The van der Waals surface area contributed by atoms with Crippen LogP contribution < -0.4 is 11.3 Å². The minimum absolute atomic E-state index is 0.888. The smallest absolute Gasteiger partial charge is 0.0485 e. The van der Waals surface area contributed by atoms with Crippen molar-refractivity contribution in [3.05, 3.63) is 35.9 Å². The van der Waals surface area contributed by atoms with Crippen molar-refractivity contribution in [2.24, 2.45) is 5.84 Å². The van der Waals surface area contributed by atoms with E-state index >= 15 is 0 Å². The Morgan fingerprint density at radius 3 is 2.54 bits per heavy atom. The summed E-state index contributed by atoms with van der Waals surface area (Å²) in [5.41, 5.74) is 4.69. The Balaban J connectivity index is 2.58. The van der Waals surface area contributed by atoms with Gasteiger partial charge in [-0.15, -0.1) is 0 Å². The number of nitrogens with two attached hydrogens (primary N) is 1. The molecular formula is C10H14N2S. The first-order valence-electron chi connectivity index (χ1n) is 4.21. The number of nitrogen functional groups attached to an aromatic ring is 1. The third-order valence-corrected chi connectivity index (χ3v) is 1.94. The van der Waals surface area contributed by atoms with Gasteiger partial charge in [-0.2, -0.15) is 12.6 Å². The Bertz CT molecular complexity index is 267. The van der Waals surface area contributed by atoms with E-state index in [9.17, 15) is 0 Å². The number of hydrazine groups is 1. The van der Waals surface area contributed by atoms with E-state index < -0.39 is 0 Å². The van der Waals surface area contributed by atoms with Crippen LogP contribution in [0.2, 0.25) is 0 Å². The number of nitrogens with one attached hydrogen (secondary N) is 1. The van der Waals surface area contributed by atoms with Crippen molar-refractivity contribution in [2.75, 3.05) is 11.2 Å². The zero-order chi connectivity index (χ0) is 9.52. The van der Waals surface area contributed by atoms with Gasteiger partial charge in [-0.25, -0.2) is 0 Å². The van der Waals surface area contributed by atoms with Crippen molar-refractivity contribution in [3.8, 4) is 0 Å². The molecule has 0 aliphatic carbocycles. The lowest BCUT2D eigenvalue weighted by atomic mass is 10.2. The van der Waals surface area contributed by atoms with Crippen LogP contribution in [0.25, 0.3) is 6.08 Å². The minimum atomic E-state index is 0.888. The van der Waals surface area contributed by atoms with Gasteiger partial charge < -0.3 is 5.43 Å². The van der Waals surface area contributed by atoms with E-state index in [0.717, 1.165) is 17.9 Å². The van der Waals surface area contributed by atoms with Crippen molar-refractivity contribution in [2.45, 2.75) is 6.42 Å². The second-order valence-electron chi connectivity index (χ2n) is 2.68. The van der Waals surface area contributed by atoms with Crippen molar-refractivity contribution in [3.63, 3.8) is 0 Å². The average molecular weight is 194 g/mol. The van der Waals surface area contributed by atoms with Gasteiger partial charge in [0.05, 0.1) is 0 Å². The fraction of sp³-hybridized carbons (Fsp3) is 0.200. The molecule has 3 N–H and O–H groups in total. The van der Waals surface area contributed by atoms with Gasteiger partial charge in [0.25, 0.3) is 0 Å². The number of anilines is 1. The summed E-state index contributed by atoms with van der Waals surface area (Å²) in [4.78, 5) is 0. The van der Waals surface area contributed by atoms with Crippen LogP contribution in [0.5, 0.6) is 0 Å². The summed E-state index contributed by atoms with van der Waals surface area (Å²) in [6.45, 7) is 0. The van der Waals surface area contributed by atoms with Gasteiger partial charge in [0.2, 0.25) is 0 Å². The quantitative estimate of drug-likeness (QED) is 0.391. The van der Waals surface area contributed by atoms with Gasteiger partial charge in [0, 0.05) is 5.69 Å². The summed E-state index contributed by atoms with van der Waals surface area (Å²) in [5, 5.41) is 0. The maximum atomic E-state index is 5.24. The van der Waals surface area contributed by atoms with Crippen LogP contribution in [-0.4, -0.2) is 5.75 Å². The molecule has 13 heavy (non-hydrogen) atoms. The molecule has 0 unspecified atom stereocenters. The van der Waals surface area contributed by atoms with E-state index in [1.807, 2.05) is 24.3 Å². The van der Waals surface area contributed by atoms with Crippen molar-refractivity contribution >= 4 is 24.4 Å². The number of allylic oxidation sites excluding steroid dienone is 1. The summed E-state index contributed by atoms with van der Waals surface area (Å²) in [6, 6.07) is 7.93. The molecule has 0 saturated carbocycles. The van der Waals surface area contributed by atoms with E-state index in [4.69, 9.17) is 5.84 Å². The van der Waals surface area contributed by atoms with Gasteiger partial charge in [-0.3, -0.25) is 5.84 Å². The number of thiol groups is 1. The summed E-state index contributed by atoms with van der Waals surface area (Å²) < 4.78 is 0. The molecular weight excluding hydrogens is 180 g/mol. The van der Waals surface area contributed by atoms with E-state index in [0.29, 0.717) is 0 Å². The largest absolute Gasteiger partial charge is 0.324 e. The monoisotopic (exact) mass is 194 g/mol. The number of rotatable bonds is 4. The number of benzene rings is 1. The molecule has 0 aromatic heterocycles. The first-order valence-corrected chi connectivity index (χ1v) is 4.84. The molecule has 0 heterocycles. The van der Waals surface area contributed by atoms with Gasteiger partial charge in [0.1, 0.15) is 0 Å². The highest BCUT2D eigenvalue weighted by molar-refractivity contribution is 7.80. The standard InChI is InChI=1S/C10H14N2S/c11-12-10-6-4-9(5-7-10)3-1-2-8-13/h1,3-7,12-13H,2,8,11H2. The highest BCUT2D eigenvalue weighted by Gasteiger charge is 1.87. The lowest BCUT2D eigenvalue weighted by molar-refractivity contribution is 1.26. The normalized spacial score (nSPS) is 10.6. The second-order valence-corrected chi connectivity index (χ2v) is 3.13. The van der Waals surface area contributed by atoms with Gasteiger partial charge >= 0.3 is 0 Å². The fourth-order valence-electron chi connectivity index (χ4n) is 0.984. The Morgan fingerprint density at radius 1 is 1.31 bits per heavy atom. The van der Waals surface area contributed by atoms with Crippen LogP contribution in [0.1, 0.15) is 12.0 Å². The lowest BCUT2D eigenvalue weighted by Gasteiger charge is -1.98. The summed E-state index contributed by atoms with van der Waals surface area (Å²) >= 11 is 4.12. The molecule has 1 rings (SSSR count). The minimum Gasteiger partial charge on any atom is -0.324 e. The first-order chi connectivity index (χ1) is 6.36. The SMILES string of the molecule is NNc1ccc(C=CCCS)cc1. The van der Waals surface area contributed by atoms with Crippen LogP contribution in [-0.2, 0) is 0 Å². The van der Waals surface area contributed by atoms with Crippen LogP contribution in [0, 0.1) is 0 Å². The van der Waals surface area contributed by atoms with Crippen molar-refractivity contribution < 1.29 is 0 Å². The zero-order valence-corrected chi connectivity index (χ0v) is 8.30. The molecule has 1 aromatic carbocycles. The highest BCUT2D eigenvalue weighted by atomic mass is 32.1. The molecule has 0 aliphatic heterocycles. The molecule has 70 valence electrons. The maximum absolute atomic E-state index is 5.24. The molecule has 0 aliphatic rings. The molecule has 0 bridgehead atoms. The van der Waals surface area contributed by atoms with Gasteiger partial charge in [-0.1, -0.05) is 24.3 Å². The third kappa shape index (κ3) is 3.53. The molecule has 0 atom stereocenters. The maximum Gasteiger partial charge on any atom is 0.0485 e. The highest BCUT2D eigenvalue weighted by Crippen LogP contribution is 2.09. The number of hydrogen-bond acceptors (Lipinski definition) is 3. The lowest BCUT2D eigenvalue weighted by Crippen LogP contribution is -2.05. The van der Waals surface area contributed by atoms with Crippen LogP contribution >= 0.6 is 12.6 Å². The number of hydrogen-bond donors (Lipinski definition) is 3. The fourth-order valence-corrected chi connectivity index (χ4v) is 1.13. The van der Waals surface area contributed by atoms with E-state index in [1.165, 1.54) is 5.56 Å². The van der Waals surface area contributed by atoms with Gasteiger partial charge in [0.15, 0.2) is 0 Å². The summed E-state index contributed by atoms with van der Waals surface area (Å²) in [6.07, 6.45) is 5.19. The van der Waals surface area contributed by atoms with Gasteiger partial charge in [-0.05, 0) is 29.9 Å². The predicted octanol–water partition coefficient (Wildman–Crippen LogP) is 2.31. The molecule has 0 fully saturated rings. The predicted molar refractivity (Wildman–Crippen MR) is 61.8 cm³/mol. The summed E-state index contributed by atoms with van der Waals surface area (Å²) in [5.74, 6) is 6.13. The Hall–Kier alpha value is -0.930. The molecule has 0 spiro atoms. The average Bonchev–Trinajstić information content (AvgIpc) is 2.19. The van der Waals surface area contributed by atoms with Crippen molar-refractivity contribution in [1.82, 2.24) is 0 Å². The topological polar surface area (TPSA) is 38.0 Å². The molecule has 1 aromatic rings. The Kier molecular flexibility index (Phi) is 4.43.